The van der Waals surface area contributed by atoms with Gasteiger partial charge in [0.1, 0.15) is 23.3 Å². The molecule has 2 aromatic carbocycles. The van der Waals surface area contributed by atoms with E-state index in [9.17, 15) is 8.78 Å². The van der Waals surface area contributed by atoms with Crippen LogP contribution in [0.1, 0.15) is 107 Å². The fourth-order valence-electron chi connectivity index (χ4n) is 9.50. The molecule has 0 aliphatic heterocycles. The summed E-state index contributed by atoms with van der Waals surface area (Å²) < 4.78 is 54.5. The summed E-state index contributed by atoms with van der Waals surface area (Å²) in [5.74, 6) is 4.64. The van der Waals surface area contributed by atoms with Crippen LogP contribution in [0.2, 0.25) is 10.0 Å². The Hall–Kier alpha value is -6.92. The van der Waals surface area contributed by atoms with Crippen molar-refractivity contribution < 1.29 is 27.1 Å². The van der Waals surface area contributed by atoms with E-state index in [1.165, 1.54) is 12.1 Å². The van der Waals surface area contributed by atoms with Gasteiger partial charge >= 0.3 is 0 Å². The van der Waals surface area contributed by atoms with Crippen molar-refractivity contribution in [2.75, 3.05) is 10.6 Å². The van der Waals surface area contributed by atoms with Gasteiger partial charge in [-0.2, -0.15) is 10.2 Å². The van der Waals surface area contributed by atoms with Crippen molar-refractivity contribution in [2.45, 2.75) is 127 Å². The van der Waals surface area contributed by atoms with E-state index >= 15 is 0 Å². The van der Waals surface area contributed by atoms with Crippen LogP contribution in [0, 0.1) is 25.5 Å². The van der Waals surface area contributed by atoms with Gasteiger partial charge in [-0.25, -0.2) is 23.4 Å². The van der Waals surface area contributed by atoms with Crippen LogP contribution >= 0.6 is 23.2 Å². The second-order valence-electron chi connectivity index (χ2n) is 19.5. The van der Waals surface area contributed by atoms with Crippen molar-refractivity contribution in [3.05, 3.63) is 154 Å². The van der Waals surface area contributed by atoms with E-state index in [1.807, 2.05) is 53.2 Å². The van der Waals surface area contributed by atoms with Crippen molar-refractivity contribution >= 4 is 46.5 Å². The fraction of sp³-hybridized carbons (Fsp3) is 0.385. The van der Waals surface area contributed by atoms with Crippen LogP contribution in [-0.2, 0) is 29.2 Å². The van der Waals surface area contributed by atoms with Crippen molar-refractivity contribution in [1.29, 1.82) is 0 Å². The van der Waals surface area contributed by atoms with Gasteiger partial charge in [0.05, 0.1) is 51.0 Å². The molecule has 2 fully saturated rings. The summed E-state index contributed by atoms with van der Waals surface area (Å²) in [6.07, 6.45) is 10.2. The van der Waals surface area contributed by atoms with Gasteiger partial charge in [0.15, 0.2) is 23.1 Å². The topological polar surface area (TPSA) is 193 Å². The third-order valence-corrected chi connectivity index (χ3v) is 13.7. The molecular weight excluding hydrogens is 966 g/mol. The fourth-order valence-corrected chi connectivity index (χ4v) is 9.83. The molecule has 0 unspecified atom stereocenters. The monoisotopic (exact) mass is 1020 g/mol. The normalized spacial score (nSPS) is 20.1. The van der Waals surface area contributed by atoms with Gasteiger partial charge in [-0.1, -0.05) is 47.5 Å². The molecule has 72 heavy (non-hydrogen) atoms. The number of nitrogens with one attached hydrogen (secondary N) is 3. The average molecular weight is 1020 g/mol. The third kappa shape index (κ3) is 11.7. The number of nitrogens with zero attached hydrogens (tertiary/aromatic N) is 9. The first-order valence-electron chi connectivity index (χ1n) is 24.0. The third-order valence-electron chi connectivity index (χ3n) is 13.1. The summed E-state index contributed by atoms with van der Waals surface area (Å²) in [5.41, 5.74) is 0.867. The number of pyridine rings is 2. The lowest BCUT2D eigenvalue weighted by Gasteiger charge is -2.37. The molecule has 2 aliphatic carbocycles. The molecule has 2 saturated carbocycles. The number of hydrogen-bond donors (Lipinski definition) is 3. The van der Waals surface area contributed by atoms with E-state index in [-0.39, 0.29) is 44.7 Å². The number of H-pyrrole nitrogens is 1. The predicted octanol–water partition coefficient (Wildman–Crippen LogP) is 12.3. The first kappa shape index (κ1) is 50.0. The van der Waals surface area contributed by atoms with Crippen LogP contribution in [-0.4, -0.2) is 62.5 Å². The highest BCUT2D eigenvalue weighted by atomic mass is 35.5. The lowest BCUT2D eigenvalue weighted by Crippen LogP contribution is -2.38. The van der Waals surface area contributed by atoms with Crippen molar-refractivity contribution in [3.63, 3.8) is 0 Å². The molecule has 3 N–H and O–H groups in total. The molecular formula is C52H56Cl2F2N12O4. The number of aromatic nitrogens is 10. The molecule has 0 saturated heterocycles. The van der Waals surface area contributed by atoms with E-state index in [1.54, 1.807) is 50.5 Å². The summed E-state index contributed by atoms with van der Waals surface area (Å²) in [4.78, 5) is 9.70. The molecule has 0 bridgehead atoms. The van der Waals surface area contributed by atoms with Crippen LogP contribution in [0.4, 0.5) is 32.1 Å². The minimum atomic E-state index is -0.528. The van der Waals surface area contributed by atoms with Crippen molar-refractivity contribution in [2.24, 2.45) is 0 Å². The Bertz CT molecular complexity index is 3070. The lowest BCUT2D eigenvalue weighted by atomic mass is 9.70. The molecule has 8 aromatic rings. The summed E-state index contributed by atoms with van der Waals surface area (Å²) in [5, 5.41) is 34.9. The number of halogens is 4. The van der Waals surface area contributed by atoms with Gasteiger partial charge in [0.2, 0.25) is 23.6 Å². The minimum Gasteiger partial charge on any atom is -0.487 e. The summed E-state index contributed by atoms with van der Waals surface area (Å²) in [7, 11) is 0. The maximum absolute atomic E-state index is 14.4. The molecule has 16 nitrogen and oxygen atoms in total. The first-order chi connectivity index (χ1) is 34.6. The number of ether oxygens (including phenoxy) is 2. The Morgan fingerprint density at radius 3 is 1.58 bits per heavy atom. The molecule has 20 heteroatoms. The summed E-state index contributed by atoms with van der Waals surface area (Å²) in [6.45, 7) is 9.89. The van der Waals surface area contributed by atoms with Crippen LogP contribution in [0.15, 0.2) is 106 Å². The zero-order chi connectivity index (χ0) is 50.5. The smallest absolute Gasteiger partial charge is 0.223 e. The van der Waals surface area contributed by atoms with E-state index in [0.29, 0.717) is 67.9 Å². The zero-order valence-electron chi connectivity index (χ0n) is 40.6. The Morgan fingerprint density at radius 2 is 1.14 bits per heavy atom. The summed E-state index contributed by atoms with van der Waals surface area (Å²) >= 11 is 11.8. The SMILES string of the molecule is Cc1nnc(C2(Cc3cccc(Nc4ccn[nH]4)n3)CCC(Oc3cccc(Cl)c3F)CC2)o1.Cc1nnc(C2(Cc3cccc(Nc4ccnn4C(C)(C)C)n3)CCC(Oc3cccc(Cl)c3F)CC2)o1. The standard InChI is InChI=1S/C28H32ClFN6O2.C24H24ClFN6O2/c1-18-34-35-26(37-18)28(14-11-20(12-15-28)38-22-9-6-8-21(29)25(22)30)17-19-7-5-10-23(32-19)33-24-13-16-31-36(24)27(2,3)4;1-15-30-32-23(33-15)24(14-16-4-2-7-20(28-16)29-21-10-13-27-31-21)11-8-17(9-12-24)34-19-6-3-5-18(25)22(19)26/h5-10,13,16,20H,11-12,14-15,17H2,1-4H3,(H,32,33);2-7,10,13,17H,8-9,11-12,14H2,1H3,(H2,27,28,29,31). The number of hydrogen-bond acceptors (Lipinski definition) is 14. The molecule has 10 rings (SSSR count). The Kier molecular flexibility index (Phi) is 14.9. The number of aryl methyl sites for hydroxylation is 2. The predicted molar refractivity (Wildman–Crippen MR) is 268 cm³/mol. The molecule has 6 heterocycles. The van der Waals surface area contributed by atoms with E-state index in [4.69, 9.17) is 51.5 Å². The minimum absolute atomic E-state index is 0.0543. The number of anilines is 4. The van der Waals surface area contributed by atoms with Crippen LogP contribution in [0.5, 0.6) is 11.5 Å². The van der Waals surface area contributed by atoms with Crippen LogP contribution in [0.3, 0.4) is 0 Å². The largest absolute Gasteiger partial charge is 0.487 e. The highest BCUT2D eigenvalue weighted by Gasteiger charge is 2.44. The Morgan fingerprint density at radius 1 is 0.653 bits per heavy atom. The van der Waals surface area contributed by atoms with Crippen molar-refractivity contribution in [1.82, 2.24) is 50.3 Å². The second kappa shape index (κ2) is 21.4. The van der Waals surface area contributed by atoms with Crippen LogP contribution < -0.4 is 20.1 Å². The molecule has 0 atom stereocenters. The number of benzene rings is 2. The highest BCUT2D eigenvalue weighted by Crippen LogP contribution is 2.45. The molecule has 0 amide bonds. The molecule has 6 aromatic heterocycles. The van der Waals surface area contributed by atoms with Gasteiger partial charge in [-0.15, -0.1) is 20.4 Å². The maximum Gasteiger partial charge on any atom is 0.223 e. The van der Waals surface area contributed by atoms with Gasteiger partial charge in [-0.05, 0) is 121 Å². The summed E-state index contributed by atoms with van der Waals surface area (Å²) in [6, 6.07) is 25.2. The van der Waals surface area contributed by atoms with Gasteiger partial charge in [0.25, 0.3) is 0 Å². The molecule has 0 spiro atoms. The lowest BCUT2D eigenvalue weighted by molar-refractivity contribution is 0.0991. The Labute approximate surface area is 425 Å². The quantitative estimate of drug-likeness (QED) is 0.0931. The van der Waals surface area contributed by atoms with E-state index in [2.05, 4.69) is 67.1 Å². The molecule has 2 aliphatic rings. The van der Waals surface area contributed by atoms with E-state index in [0.717, 1.165) is 54.5 Å². The van der Waals surface area contributed by atoms with Gasteiger partial charge < -0.3 is 28.9 Å². The molecule has 376 valence electrons. The Balaban J connectivity index is 0.000000179. The number of rotatable bonds is 14. The average Bonchev–Trinajstić information content (AvgIpc) is 4.22. The zero-order valence-corrected chi connectivity index (χ0v) is 42.1. The maximum atomic E-state index is 14.4. The second-order valence-corrected chi connectivity index (χ2v) is 20.3. The van der Waals surface area contributed by atoms with Gasteiger partial charge in [0, 0.05) is 50.2 Å². The van der Waals surface area contributed by atoms with Crippen LogP contribution in [0.25, 0.3) is 0 Å². The van der Waals surface area contributed by atoms with Gasteiger partial charge in [-0.3, -0.25) is 5.10 Å². The highest BCUT2D eigenvalue weighted by molar-refractivity contribution is 6.31. The number of aromatic amines is 1. The first-order valence-corrected chi connectivity index (χ1v) is 24.7. The van der Waals surface area contributed by atoms with E-state index < -0.39 is 17.0 Å². The van der Waals surface area contributed by atoms with Crippen molar-refractivity contribution in [3.8, 4) is 11.5 Å². The molecule has 0 radical (unpaired) electrons.